The largest absolute Gasteiger partial charge is 0.481 e. The van der Waals surface area contributed by atoms with E-state index in [2.05, 4.69) is 26.3 Å². The molecule has 4 amide bonds. The van der Waals surface area contributed by atoms with Gasteiger partial charge in [0, 0.05) is 18.4 Å². The topological polar surface area (TPSA) is 252 Å². The molecule has 0 radical (unpaired) electrons. The molecule has 0 saturated heterocycles. The van der Waals surface area contributed by atoms with Crippen molar-refractivity contribution in [3.8, 4) is 11.1 Å². The normalized spacial score (nSPS) is 11.8. The number of benzene rings is 2. The predicted octanol–water partition coefficient (Wildman–Crippen LogP) is 11.1. The van der Waals surface area contributed by atoms with Crippen molar-refractivity contribution in [2.75, 3.05) is 11.6 Å². The minimum Gasteiger partial charge on any atom is -0.481 e. The Morgan fingerprint density at radius 1 is 0.731 bits per heavy atom. The van der Waals surface area contributed by atoms with Crippen LogP contribution in [0.2, 0.25) is 0 Å². The fraction of sp³-hybridized carbons (Fsp3) is 0.511. The molecule has 1 aromatic heterocycles. The van der Waals surface area contributed by atoms with Crippen LogP contribution in [0.15, 0.2) is 61.5 Å². The predicted molar refractivity (Wildman–Crippen MR) is 263 cm³/mol. The number of aryl methyl sites for hydroxylation is 1. The summed E-state index contributed by atoms with van der Waals surface area (Å²) in [6.45, 7) is 16.8. The molecule has 0 aliphatic rings. The van der Waals surface area contributed by atoms with E-state index in [4.69, 9.17) is 24.7 Å². The number of thiophene rings is 1. The lowest BCUT2D eigenvalue weighted by molar-refractivity contribution is -0.137. The summed E-state index contributed by atoms with van der Waals surface area (Å²) >= 11 is 2.22. The minimum atomic E-state index is -4.22. The third-order valence-corrected chi connectivity index (χ3v) is 13.4. The van der Waals surface area contributed by atoms with Crippen LogP contribution in [0.3, 0.4) is 0 Å². The average Bonchev–Trinajstić information content (AvgIpc) is 3.62. The number of carbonyl (C=O) groups is 5. The Morgan fingerprint density at radius 2 is 1.24 bits per heavy atom. The molecule has 0 unspecified atom stereocenters. The highest BCUT2D eigenvalue weighted by molar-refractivity contribution is 8.01. The summed E-state index contributed by atoms with van der Waals surface area (Å²) in [4.78, 5) is 67.2. The molecular formula is C47H66N6O11S3. The lowest BCUT2D eigenvalue weighted by Gasteiger charge is -2.22. The van der Waals surface area contributed by atoms with Crippen LogP contribution in [0.4, 0.5) is 25.8 Å². The summed E-state index contributed by atoms with van der Waals surface area (Å²) in [5.74, 6) is -1.74. The highest BCUT2D eigenvalue weighted by Crippen LogP contribution is 2.40. The number of anilines is 1. The number of nitrogens with zero attached hydrogens (tertiary/aromatic N) is 1. The van der Waals surface area contributed by atoms with Crippen LogP contribution >= 0.6 is 23.1 Å². The summed E-state index contributed by atoms with van der Waals surface area (Å²) in [5, 5.41) is 27.6. The van der Waals surface area contributed by atoms with E-state index in [-0.39, 0.29) is 56.6 Å². The Labute approximate surface area is 402 Å². The molecule has 0 fully saturated rings. The number of thioether (sulfide) groups is 1. The number of amidine groups is 1. The number of ether oxygens (including phenoxy) is 3. The fourth-order valence-corrected chi connectivity index (χ4v) is 10.3. The smallest absolute Gasteiger partial charge is 0.414 e. The molecule has 0 spiro atoms. The number of hydrogen-bond donors (Lipinski definition) is 6. The van der Waals surface area contributed by atoms with Gasteiger partial charge in [-0.05, 0) is 130 Å². The molecule has 0 aliphatic heterocycles. The van der Waals surface area contributed by atoms with Crippen LogP contribution in [0.5, 0.6) is 0 Å². The molecule has 20 heteroatoms. The maximum Gasteiger partial charge on any atom is 0.414 e. The quantitative estimate of drug-likeness (QED) is 0.0229. The second kappa shape index (κ2) is 24.5. The first-order valence-corrected chi connectivity index (χ1v) is 25.5. The van der Waals surface area contributed by atoms with E-state index in [0.29, 0.717) is 33.7 Å². The number of carboxylic acids is 1. The number of carboxylic acid groups (broad SMARTS) is 1. The molecule has 368 valence electrons. The number of rotatable bonds is 18. The number of aliphatic carboxylic acids is 1. The van der Waals surface area contributed by atoms with Crippen molar-refractivity contribution in [3.05, 3.63) is 52.9 Å². The lowest BCUT2D eigenvalue weighted by Crippen LogP contribution is -2.47. The van der Waals surface area contributed by atoms with E-state index < -0.39 is 50.9 Å². The lowest BCUT2D eigenvalue weighted by atomic mass is 9.97. The van der Waals surface area contributed by atoms with Crippen molar-refractivity contribution >= 4 is 86.3 Å². The van der Waals surface area contributed by atoms with Crippen molar-refractivity contribution in [2.45, 2.75) is 164 Å². The molecule has 0 saturated carbocycles. The first-order chi connectivity index (χ1) is 31.1. The number of unbranched alkanes of at least 4 members (excludes halogenated alkanes) is 7. The van der Waals surface area contributed by atoms with Gasteiger partial charge in [-0.1, -0.05) is 50.7 Å². The van der Waals surface area contributed by atoms with Crippen LogP contribution < -0.4 is 21.3 Å². The molecule has 3 rings (SSSR count). The molecule has 0 aliphatic carbocycles. The zero-order valence-electron chi connectivity index (χ0n) is 40.3. The van der Waals surface area contributed by atoms with Gasteiger partial charge in [0.1, 0.15) is 22.6 Å². The monoisotopic (exact) mass is 986 g/mol. The highest BCUT2D eigenvalue weighted by Gasteiger charge is 2.28. The number of guanidine groups is 1. The fourth-order valence-electron chi connectivity index (χ4n) is 6.39. The van der Waals surface area contributed by atoms with Crippen LogP contribution in [0, 0.1) is 12.3 Å². The van der Waals surface area contributed by atoms with Gasteiger partial charge >= 0.3 is 24.2 Å². The first kappa shape index (κ1) is 55.9. The maximum absolute atomic E-state index is 14.4. The first-order valence-electron chi connectivity index (χ1n) is 21.9. The van der Waals surface area contributed by atoms with E-state index in [0.717, 1.165) is 49.9 Å². The van der Waals surface area contributed by atoms with Crippen molar-refractivity contribution in [1.82, 2.24) is 16.0 Å². The zero-order chi connectivity index (χ0) is 50.3. The van der Waals surface area contributed by atoms with E-state index in [1.807, 2.05) is 0 Å². The number of aliphatic imine (C=N–C) groups is 1. The Morgan fingerprint density at radius 3 is 1.75 bits per heavy atom. The number of nitrogens with one attached hydrogen (secondary N) is 5. The van der Waals surface area contributed by atoms with Crippen molar-refractivity contribution in [2.24, 2.45) is 4.99 Å². The van der Waals surface area contributed by atoms with Gasteiger partial charge in [0.15, 0.2) is 0 Å². The summed E-state index contributed by atoms with van der Waals surface area (Å²) in [6, 6.07) is 10.8. The van der Waals surface area contributed by atoms with Crippen LogP contribution in [0.1, 0.15) is 137 Å². The van der Waals surface area contributed by atoms with E-state index >= 15 is 0 Å². The molecular weight excluding hydrogens is 921 g/mol. The van der Waals surface area contributed by atoms with Crippen molar-refractivity contribution in [1.29, 1.82) is 5.41 Å². The molecule has 17 nitrogen and oxygen atoms in total. The standard InChI is InChI=1S/C47H66N6O11S3/c1-29-25-31(49-41(52-43(58)63-46(5,6)7)53-44(59)64-47(8,9)10)27-33(50-36(54)23-18-16-14-12-13-15-17-19-24-37(55)56)38(29)30-21-20-22-32(26-30)67(60,61)35-28-34(66-40(35)65-11)39(48)51-42(57)62-45(2,3)4/h20-22,25-28H,12-19,23-24H2,1-11H3,(H,50,54)(H,55,56)(H2,48,51,57)(H2,49,52,53,58,59). The Hall–Kier alpha value is -5.47. The second-order valence-electron chi connectivity index (χ2n) is 18.7. The van der Waals surface area contributed by atoms with E-state index in [1.165, 1.54) is 30.0 Å². The molecule has 0 bridgehead atoms. The average molecular weight is 987 g/mol. The van der Waals surface area contributed by atoms with Gasteiger partial charge in [0.2, 0.25) is 21.7 Å². The van der Waals surface area contributed by atoms with Crippen LogP contribution in [-0.4, -0.2) is 78.5 Å². The Kier molecular flexibility index (Phi) is 20.4. The van der Waals surface area contributed by atoms with Gasteiger partial charge in [0.25, 0.3) is 0 Å². The molecule has 0 atom stereocenters. The Bertz CT molecular complexity index is 2380. The van der Waals surface area contributed by atoms with E-state index in [1.54, 1.807) is 99.8 Å². The molecule has 67 heavy (non-hydrogen) atoms. The highest BCUT2D eigenvalue weighted by atomic mass is 32.2. The van der Waals surface area contributed by atoms with Gasteiger partial charge in [-0.3, -0.25) is 30.9 Å². The third-order valence-electron chi connectivity index (χ3n) is 9.06. The van der Waals surface area contributed by atoms with Gasteiger partial charge < -0.3 is 24.6 Å². The third kappa shape index (κ3) is 19.7. The van der Waals surface area contributed by atoms with E-state index in [9.17, 15) is 32.4 Å². The number of sulfone groups is 1. The van der Waals surface area contributed by atoms with Crippen molar-refractivity contribution in [3.63, 3.8) is 0 Å². The molecule has 2 aromatic carbocycles. The summed E-state index contributed by atoms with van der Waals surface area (Å²) in [7, 11) is -4.22. The van der Waals surface area contributed by atoms with Gasteiger partial charge in [-0.25, -0.2) is 27.8 Å². The van der Waals surface area contributed by atoms with Crippen LogP contribution in [0.25, 0.3) is 11.1 Å². The van der Waals surface area contributed by atoms with Crippen LogP contribution in [-0.2, 0) is 33.6 Å². The van der Waals surface area contributed by atoms with Crippen molar-refractivity contribution < 1.29 is 51.7 Å². The summed E-state index contributed by atoms with van der Waals surface area (Å²) in [6.07, 6.45) is 6.11. The maximum atomic E-state index is 14.4. The second-order valence-corrected chi connectivity index (χ2v) is 22.7. The number of hydrogen-bond acceptors (Lipinski definition) is 14. The molecule has 3 aromatic rings. The molecule has 1 heterocycles. The zero-order valence-corrected chi connectivity index (χ0v) is 42.8. The summed E-state index contributed by atoms with van der Waals surface area (Å²) in [5.41, 5.74) is -0.637. The number of amides is 4. The number of carbonyl (C=O) groups excluding carboxylic acids is 4. The van der Waals surface area contributed by atoms with Gasteiger partial charge in [-0.15, -0.1) is 23.1 Å². The minimum absolute atomic E-state index is 0.0523. The van der Waals surface area contributed by atoms with Gasteiger partial charge in [-0.2, -0.15) is 0 Å². The SMILES string of the molecule is CSc1sc(C(=N)NC(=O)OC(C)(C)C)cc1S(=O)(=O)c1cccc(-c2c(C)cc(N=C(NC(=O)OC(C)(C)C)NC(=O)OC(C)(C)C)cc2NC(=O)CCCCCCCCCCC(=O)O)c1. The summed E-state index contributed by atoms with van der Waals surface area (Å²) < 4.78 is 45.3. The molecule has 6 N–H and O–H groups in total. The van der Waals surface area contributed by atoms with Gasteiger partial charge in [0.05, 0.1) is 30.3 Å². The Balaban J connectivity index is 2.05. The number of alkyl carbamates (subject to hydrolysis) is 3.